The summed E-state index contributed by atoms with van der Waals surface area (Å²) in [5.74, 6) is 0. The number of nitrogens with two attached hydrogens (primary N) is 1. The molecular weight excluding hydrogens is 130 g/mol. The fourth-order valence-electron chi connectivity index (χ4n) is 1.08. The third-order valence-corrected chi connectivity index (χ3v) is 1.44. The highest BCUT2D eigenvalue weighted by molar-refractivity contribution is 4.77. The fourth-order valence-corrected chi connectivity index (χ4v) is 1.08. The Kier molecular flexibility index (Phi) is 2.28. The molecule has 0 spiro atoms. The van der Waals surface area contributed by atoms with E-state index in [1.165, 1.54) is 0 Å². The summed E-state index contributed by atoms with van der Waals surface area (Å²) in [5, 5.41) is 0. The van der Waals surface area contributed by atoms with Crippen molar-refractivity contribution in [2.45, 2.75) is 31.9 Å². The largest absolute Gasteiger partial charge is 0.353 e. The number of ether oxygens (including phenoxy) is 2. The van der Waals surface area contributed by atoms with E-state index in [0.29, 0.717) is 13.4 Å². The maximum Gasteiger partial charge on any atom is 0.147 e. The first-order valence-corrected chi connectivity index (χ1v) is 3.56. The van der Waals surface area contributed by atoms with Gasteiger partial charge in [-0.15, -0.1) is 0 Å². The molecule has 3 nitrogen and oxygen atoms in total. The zero-order valence-corrected chi connectivity index (χ0v) is 6.59. The smallest absolute Gasteiger partial charge is 0.147 e. The van der Waals surface area contributed by atoms with Crippen molar-refractivity contribution in [3.05, 3.63) is 0 Å². The highest BCUT2D eigenvalue weighted by Gasteiger charge is 2.23. The predicted octanol–water partition coefficient (Wildman–Crippen LogP) is 0.487. The topological polar surface area (TPSA) is 44.5 Å². The normalized spacial score (nSPS) is 27.3. The van der Waals surface area contributed by atoms with Crippen LogP contribution in [0.3, 0.4) is 0 Å². The average molecular weight is 145 g/mol. The summed E-state index contributed by atoms with van der Waals surface area (Å²) in [4.78, 5) is 0. The van der Waals surface area contributed by atoms with E-state index in [1.807, 2.05) is 13.8 Å². The molecule has 0 aromatic carbocycles. The molecule has 2 N–H and O–H groups in total. The van der Waals surface area contributed by atoms with Gasteiger partial charge in [-0.1, -0.05) is 0 Å². The van der Waals surface area contributed by atoms with Crippen molar-refractivity contribution < 1.29 is 9.47 Å². The van der Waals surface area contributed by atoms with Crippen LogP contribution in [0.4, 0.5) is 0 Å². The van der Waals surface area contributed by atoms with Crippen LogP contribution < -0.4 is 5.73 Å². The molecule has 1 aliphatic rings. The van der Waals surface area contributed by atoms with Crippen LogP contribution >= 0.6 is 0 Å². The van der Waals surface area contributed by atoms with Gasteiger partial charge in [0.1, 0.15) is 6.79 Å². The first-order chi connectivity index (χ1) is 4.58. The van der Waals surface area contributed by atoms with Crippen molar-refractivity contribution >= 4 is 0 Å². The molecule has 1 saturated heterocycles. The summed E-state index contributed by atoms with van der Waals surface area (Å²) in [6, 6.07) is 0. The third-order valence-electron chi connectivity index (χ3n) is 1.44. The lowest BCUT2D eigenvalue weighted by Crippen LogP contribution is -2.36. The molecule has 1 atom stereocenters. The van der Waals surface area contributed by atoms with E-state index in [1.54, 1.807) is 0 Å². The van der Waals surface area contributed by atoms with Crippen LogP contribution in [-0.4, -0.2) is 25.0 Å². The van der Waals surface area contributed by atoms with E-state index in [9.17, 15) is 0 Å². The van der Waals surface area contributed by atoms with Gasteiger partial charge in [-0.05, 0) is 20.3 Å². The SMILES string of the molecule is CC(C)(N)CC1COCO1. The van der Waals surface area contributed by atoms with Crippen molar-refractivity contribution in [3.8, 4) is 0 Å². The molecule has 60 valence electrons. The van der Waals surface area contributed by atoms with E-state index in [4.69, 9.17) is 15.2 Å². The summed E-state index contributed by atoms with van der Waals surface area (Å²) in [5.41, 5.74) is 5.64. The lowest BCUT2D eigenvalue weighted by atomic mass is 9.99. The minimum absolute atomic E-state index is 0.141. The zero-order valence-electron chi connectivity index (χ0n) is 6.59. The van der Waals surface area contributed by atoms with E-state index >= 15 is 0 Å². The van der Waals surface area contributed by atoms with Crippen LogP contribution in [0.5, 0.6) is 0 Å². The maximum absolute atomic E-state index is 5.78. The Morgan fingerprint density at radius 3 is 2.70 bits per heavy atom. The molecule has 0 aromatic heterocycles. The van der Waals surface area contributed by atoms with Crippen LogP contribution in [0.1, 0.15) is 20.3 Å². The Morgan fingerprint density at radius 2 is 2.30 bits per heavy atom. The summed E-state index contributed by atoms with van der Waals surface area (Å²) in [6.45, 7) is 5.12. The maximum atomic E-state index is 5.78. The van der Waals surface area contributed by atoms with Crippen LogP contribution in [0.15, 0.2) is 0 Å². The van der Waals surface area contributed by atoms with Gasteiger partial charge in [0.05, 0.1) is 12.7 Å². The molecule has 1 fully saturated rings. The standard InChI is InChI=1S/C7H15NO2/c1-7(2,8)3-6-4-9-5-10-6/h6H,3-5,8H2,1-2H3. The van der Waals surface area contributed by atoms with E-state index in [2.05, 4.69) is 0 Å². The second kappa shape index (κ2) is 2.86. The highest BCUT2D eigenvalue weighted by atomic mass is 16.7. The summed E-state index contributed by atoms with van der Waals surface area (Å²) < 4.78 is 10.3. The Bertz CT molecular complexity index is 103. The lowest BCUT2D eigenvalue weighted by Gasteiger charge is -2.20. The summed E-state index contributed by atoms with van der Waals surface area (Å²) in [6.07, 6.45) is 1.08. The third kappa shape index (κ3) is 2.64. The minimum atomic E-state index is -0.141. The second-order valence-electron chi connectivity index (χ2n) is 3.47. The van der Waals surface area contributed by atoms with E-state index in [-0.39, 0.29) is 11.6 Å². The molecule has 1 unspecified atom stereocenters. The fraction of sp³-hybridized carbons (Fsp3) is 1.00. The van der Waals surface area contributed by atoms with Crippen LogP contribution in [0, 0.1) is 0 Å². The molecule has 0 aromatic rings. The lowest BCUT2D eigenvalue weighted by molar-refractivity contribution is 0.0397. The van der Waals surface area contributed by atoms with Gasteiger partial charge >= 0.3 is 0 Å². The van der Waals surface area contributed by atoms with Gasteiger partial charge < -0.3 is 15.2 Å². The zero-order chi connectivity index (χ0) is 7.61. The minimum Gasteiger partial charge on any atom is -0.353 e. The van der Waals surface area contributed by atoms with Gasteiger partial charge in [0.15, 0.2) is 0 Å². The second-order valence-corrected chi connectivity index (χ2v) is 3.47. The first kappa shape index (κ1) is 7.98. The Morgan fingerprint density at radius 1 is 1.60 bits per heavy atom. The molecule has 0 bridgehead atoms. The van der Waals surface area contributed by atoms with Crippen LogP contribution in [0.2, 0.25) is 0 Å². The quantitative estimate of drug-likeness (QED) is 0.615. The van der Waals surface area contributed by atoms with Crippen LogP contribution in [0.25, 0.3) is 0 Å². The van der Waals surface area contributed by atoms with Crippen molar-refractivity contribution in [1.29, 1.82) is 0 Å². The molecule has 0 amide bonds. The Labute approximate surface area is 61.5 Å². The van der Waals surface area contributed by atoms with Gasteiger partial charge in [0.2, 0.25) is 0 Å². The highest BCUT2D eigenvalue weighted by Crippen LogP contribution is 2.14. The molecule has 1 rings (SSSR count). The Hall–Kier alpha value is -0.120. The molecule has 0 aliphatic carbocycles. The number of hydrogen-bond donors (Lipinski definition) is 1. The predicted molar refractivity (Wildman–Crippen MR) is 38.6 cm³/mol. The van der Waals surface area contributed by atoms with Crippen molar-refractivity contribution in [3.63, 3.8) is 0 Å². The van der Waals surface area contributed by atoms with Gasteiger partial charge in [-0.2, -0.15) is 0 Å². The summed E-state index contributed by atoms with van der Waals surface area (Å²) in [7, 11) is 0. The molecular formula is C7H15NO2. The first-order valence-electron chi connectivity index (χ1n) is 3.56. The van der Waals surface area contributed by atoms with Crippen molar-refractivity contribution in [2.75, 3.05) is 13.4 Å². The molecule has 0 saturated carbocycles. The van der Waals surface area contributed by atoms with E-state index in [0.717, 1.165) is 6.42 Å². The van der Waals surface area contributed by atoms with Crippen LogP contribution in [-0.2, 0) is 9.47 Å². The summed E-state index contributed by atoms with van der Waals surface area (Å²) >= 11 is 0. The number of hydrogen-bond acceptors (Lipinski definition) is 3. The monoisotopic (exact) mass is 145 g/mol. The molecule has 10 heavy (non-hydrogen) atoms. The molecule has 1 heterocycles. The van der Waals surface area contributed by atoms with Crippen molar-refractivity contribution in [1.82, 2.24) is 0 Å². The van der Waals surface area contributed by atoms with Gasteiger partial charge in [-0.25, -0.2) is 0 Å². The van der Waals surface area contributed by atoms with Gasteiger partial charge in [-0.3, -0.25) is 0 Å². The van der Waals surface area contributed by atoms with Gasteiger partial charge in [0.25, 0.3) is 0 Å². The molecule has 1 aliphatic heterocycles. The average Bonchev–Trinajstić information content (AvgIpc) is 2.12. The molecule has 3 heteroatoms. The van der Waals surface area contributed by atoms with Crippen molar-refractivity contribution in [2.24, 2.45) is 5.73 Å². The van der Waals surface area contributed by atoms with E-state index < -0.39 is 0 Å². The Balaban J connectivity index is 2.24. The molecule has 0 radical (unpaired) electrons. The van der Waals surface area contributed by atoms with Gasteiger partial charge in [0, 0.05) is 5.54 Å². The number of rotatable bonds is 2.